The van der Waals surface area contributed by atoms with Gasteiger partial charge in [0.2, 0.25) is 0 Å². The minimum absolute atomic E-state index is 0.768. The van der Waals surface area contributed by atoms with E-state index in [2.05, 4.69) is 64.8 Å². The van der Waals surface area contributed by atoms with E-state index in [9.17, 15) is 0 Å². The summed E-state index contributed by atoms with van der Waals surface area (Å²) in [5.74, 6) is 0. The van der Waals surface area contributed by atoms with E-state index in [0.717, 1.165) is 29.7 Å². The monoisotopic (exact) mass is 328 g/mol. The molecule has 0 spiro atoms. The summed E-state index contributed by atoms with van der Waals surface area (Å²) < 4.78 is 1.95. The van der Waals surface area contributed by atoms with Crippen LogP contribution in [0.5, 0.6) is 0 Å². The van der Waals surface area contributed by atoms with Gasteiger partial charge < -0.3 is 5.32 Å². The van der Waals surface area contributed by atoms with Gasteiger partial charge in [0.05, 0.1) is 12.1 Å². The summed E-state index contributed by atoms with van der Waals surface area (Å²) in [5.41, 5.74) is 5.91. The van der Waals surface area contributed by atoms with Crippen LogP contribution in [0.1, 0.15) is 16.7 Å². The minimum atomic E-state index is 0.768. The predicted octanol–water partition coefficient (Wildman–Crippen LogP) is 4.40. The van der Waals surface area contributed by atoms with Gasteiger partial charge in [-0.05, 0) is 42.3 Å². The molecule has 0 atom stereocenters. The molecule has 4 heteroatoms. The van der Waals surface area contributed by atoms with Crippen molar-refractivity contribution in [2.45, 2.75) is 20.0 Å². The van der Waals surface area contributed by atoms with Crippen LogP contribution in [0.15, 0.2) is 73.2 Å². The van der Waals surface area contributed by atoms with Gasteiger partial charge in [0, 0.05) is 36.2 Å². The predicted molar refractivity (Wildman–Crippen MR) is 102 cm³/mol. The van der Waals surface area contributed by atoms with Crippen molar-refractivity contribution in [3.8, 4) is 0 Å². The summed E-state index contributed by atoms with van der Waals surface area (Å²) in [6.45, 7) is 3.65. The molecule has 25 heavy (non-hydrogen) atoms. The van der Waals surface area contributed by atoms with E-state index in [1.807, 2.05) is 35.4 Å². The van der Waals surface area contributed by atoms with Gasteiger partial charge in [-0.3, -0.25) is 9.67 Å². The Kier molecular flexibility index (Phi) is 4.17. The fourth-order valence-corrected chi connectivity index (χ4v) is 3.06. The highest BCUT2D eigenvalue weighted by Gasteiger charge is 2.06. The van der Waals surface area contributed by atoms with Crippen LogP contribution in [0.3, 0.4) is 0 Å². The zero-order chi connectivity index (χ0) is 17.1. The Morgan fingerprint density at radius 1 is 0.960 bits per heavy atom. The average Bonchev–Trinajstić information content (AvgIpc) is 3.14. The number of nitrogens with one attached hydrogen (secondary N) is 1. The normalized spacial score (nSPS) is 10.9. The second-order valence-corrected chi connectivity index (χ2v) is 6.21. The van der Waals surface area contributed by atoms with Crippen LogP contribution in [0.4, 0.5) is 5.69 Å². The molecule has 4 nitrogen and oxygen atoms in total. The number of rotatable bonds is 5. The first-order chi connectivity index (χ1) is 12.3. The van der Waals surface area contributed by atoms with Crippen LogP contribution in [-0.4, -0.2) is 14.8 Å². The van der Waals surface area contributed by atoms with E-state index in [1.165, 1.54) is 16.7 Å². The van der Waals surface area contributed by atoms with Crippen molar-refractivity contribution >= 4 is 16.6 Å². The van der Waals surface area contributed by atoms with Crippen LogP contribution in [0.2, 0.25) is 0 Å². The van der Waals surface area contributed by atoms with E-state index in [0.29, 0.717) is 0 Å². The lowest BCUT2D eigenvalue weighted by Gasteiger charge is -2.13. The summed E-state index contributed by atoms with van der Waals surface area (Å²) in [6.07, 6.45) is 5.66. The Morgan fingerprint density at radius 3 is 2.68 bits per heavy atom. The molecule has 0 saturated carbocycles. The van der Waals surface area contributed by atoms with Crippen LogP contribution in [0, 0.1) is 6.92 Å². The van der Waals surface area contributed by atoms with Gasteiger partial charge in [-0.2, -0.15) is 5.10 Å². The fourth-order valence-electron chi connectivity index (χ4n) is 3.06. The van der Waals surface area contributed by atoms with Crippen molar-refractivity contribution in [1.29, 1.82) is 0 Å². The van der Waals surface area contributed by atoms with Gasteiger partial charge in [0.15, 0.2) is 0 Å². The molecule has 0 amide bonds. The average molecular weight is 328 g/mol. The fraction of sp³-hybridized carbons (Fsp3) is 0.143. The lowest BCUT2D eigenvalue weighted by atomic mass is 10.1. The SMILES string of the molecule is Cc1ccc2nccc(NCc3ccccc3Cn3cccn3)c2c1. The van der Waals surface area contributed by atoms with Gasteiger partial charge >= 0.3 is 0 Å². The molecule has 0 fully saturated rings. The summed E-state index contributed by atoms with van der Waals surface area (Å²) in [6, 6.07) is 18.8. The topological polar surface area (TPSA) is 42.7 Å². The van der Waals surface area contributed by atoms with Gasteiger partial charge in [0.1, 0.15) is 0 Å². The summed E-state index contributed by atoms with van der Waals surface area (Å²) in [7, 11) is 0. The maximum atomic E-state index is 4.45. The number of fused-ring (bicyclic) bond motifs is 1. The number of hydrogen-bond acceptors (Lipinski definition) is 3. The number of nitrogens with zero attached hydrogens (tertiary/aromatic N) is 3. The van der Waals surface area contributed by atoms with Gasteiger partial charge in [-0.25, -0.2) is 0 Å². The summed E-state index contributed by atoms with van der Waals surface area (Å²) in [4.78, 5) is 4.45. The number of hydrogen-bond donors (Lipinski definition) is 1. The zero-order valence-electron chi connectivity index (χ0n) is 14.2. The lowest BCUT2D eigenvalue weighted by molar-refractivity contribution is 0.682. The molecule has 0 radical (unpaired) electrons. The maximum absolute atomic E-state index is 4.45. The second-order valence-electron chi connectivity index (χ2n) is 6.21. The Bertz CT molecular complexity index is 990. The molecule has 1 N–H and O–H groups in total. The molecular weight excluding hydrogens is 308 g/mol. The highest BCUT2D eigenvalue weighted by molar-refractivity contribution is 5.91. The highest BCUT2D eigenvalue weighted by Crippen LogP contribution is 2.23. The van der Waals surface area contributed by atoms with Gasteiger partial charge in [-0.1, -0.05) is 35.9 Å². The van der Waals surface area contributed by atoms with Crippen molar-refractivity contribution in [1.82, 2.24) is 14.8 Å². The molecule has 124 valence electrons. The number of aryl methyl sites for hydroxylation is 1. The van der Waals surface area contributed by atoms with Crippen LogP contribution in [-0.2, 0) is 13.1 Å². The smallest absolute Gasteiger partial charge is 0.0722 e. The molecule has 0 saturated heterocycles. The molecule has 0 aliphatic carbocycles. The summed E-state index contributed by atoms with van der Waals surface area (Å²) >= 11 is 0. The number of aromatic nitrogens is 3. The quantitative estimate of drug-likeness (QED) is 0.590. The molecule has 0 unspecified atom stereocenters. The Balaban J connectivity index is 1.59. The summed E-state index contributed by atoms with van der Waals surface area (Å²) in [5, 5.41) is 9.05. The molecule has 2 heterocycles. The third kappa shape index (κ3) is 3.38. The molecular formula is C21H20N4. The zero-order valence-corrected chi connectivity index (χ0v) is 14.2. The van der Waals surface area contributed by atoms with Crippen molar-refractivity contribution < 1.29 is 0 Å². The largest absolute Gasteiger partial charge is 0.380 e. The first kappa shape index (κ1) is 15.4. The molecule has 0 bridgehead atoms. The lowest BCUT2D eigenvalue weighted by Crippen LogP contribution is -2.07. The number of benzene rings is 2. The van der Waals surface area contributed by atoms with E-state index in [-0.39, 0.29) is 0 Å². The maximum Gasteiger partial charge on any atom is 0.0722 e. The van der Waals surface area contributed by atoms with Gasteiger partial charge in [0.25, 0.3) is 0 Å². The molecule has 2 aromatic heterocycles. The first-order valence-electron chi connectivity index (χ1n) is 8.43. The van der Waals surface area contributed by atoms with Crippen molar-refractivity contribution in [2.24, 2.45) is 0 Å². The third-order valence-corrected chi connectivity index (χ3v) is 4.38. The second kappa shape index (κ2) is 6.77. The molecule has 4 aromatic rings. The van der Waals surface area contributed by atoms with E-state index < -0.39 is 0 Å². The number of anilines is 1. The highest BCUT2D eigenvalue weighted by atomic mass is 15.3. The Hall–Kier alpha value is -3.14. The number of pyridine rings is 1. The molecule has 2 aromatic carbocycles. The van der Waals surface area contributed by atoms with E-state index >= 15 is 0 Å². The Morgan fingerprint density at radius 2 is 1.84 bits per heavy atom. The van der Waals surface area contributed by atoms with Crippen molar-refractivity contribution in [3.63, 3.8) is 0 Å². The standard InChI is InChI=1S/C21H20N4/c1-16-7-8-20-19(13-16)21(9-11-22-20)23-14-17-5-2-3-6-18(17)15-25-12-4-10-24-25/h2-13H,14-15H2,1H3,(H,22,23). The van der Waals surface area contributed by atoms with Crippen molar-refractivity contribution in [3.05, 3.63) is 89.9 Å². The molecule has 4 rings (SSSR count). The Labute approximate surface area is 147 Å². The van der Waals surface area contributed by atoms with Crippen LogP contribution < -0.4 is 5.32 Å². The van der Waals surface area contributed by atoms with Crippen molar-refractivity contribution in [2.75, 3.05) is 5.32 Å². The van der Waals surface area contributed by atoms with Crippen LogP contribution in [0.25, 0.3) is 10.9 Å². The van der Waals surface area contributed by atoms with E-state index in [1.54, 1.807) is 0 Å². The first-order valence-corrected chi connectivity index (χ1v) is 8.43. The van der Waals surface area contributed by atoms with Crippen LogP contribution >= 0.6 is 0 Å². The third-order valence-electron chi connectivity index (χ3n) is 4.38. The van der Waals surface area contributed by atoms with E-state index in [4.69, 9.17) is 0 Å². The molecule has 0 aliphatic heterocycles. The molecule has 0 aliphatic rings. The van der Waals surface area contributed by atoms with Gasteiger partial charge in [-0.15, -0.1) is 0 Å². The minimum Gasteiger partial charge on any atom is -0.380 e.